The summed E-state index contributed by atoms with van der Waals surface area (Å²) in [6.07, 6.45) is -1.75. The van der Waals surface area contributed by atoms with Crippen molar-refractivity contribution in [1.82, 2.24) is 20.4 Å². The van der Waals surface area contributed by atoms with Crippen LogP contribution >= 0.6 is 11.8 Å². The molecule has 302 valence electrons. The molecule has 3 aromatic rings. The summed E-state index contributed by atoms with van der Waals surface area (Å²) < 4.78 is 21.3. The van der Waals surface area contributed by atoms with Gasteiger partial charge in [0.25, 0.3) is 11.4 Å². The summed E-state index contributed by atoms with van der Waals surface area (Å²) in [7, 11) is 1.63. The lowest BCUT2D eigenvalue weighted by atomic mass is 10.1. The minimum atomic E-state index is -1.09. The summed E-state index contributed by atoms with van der Waals surface area (Å²) in [5.74, 6) is 1.07. The van der Waals surface area contributed by atoms with Crippen molar-refractivity contribution in [3.8, 4) is 5.75 Å². The van der Waals surface area contributed by atoms with Gasteiger partial charge in [-0.25, -0.2) is 9.59 Å². The Morgan fingerprint density at radius 2 is 1.46 bits per heavy atom. The fourth-order valence-electron chi connectivity index (χ4n) is 6.85. The number of ether oxygens (including phenoxy) is 4. The number of amides is 3. The summed E-state index contributed by atoms with van der Waals surface area (Å²) in [6.45, 7) is 0.786. The predicted octanol–water partition coefficient (Wildman–Crippen LogP) is 4.33. The number of carbonyl (C=O) groups is 4. The number of rotatable bonds is 14. The van der Waals surface area contributed by atoms with Crippen LogP contribution in [0.1, 0.15) is 36.0 Å². The molecule has 3 heterocycles. The second kappa shape index (κ2) is 18.8. The number of likely N-dealkylation sites (tertiary alicyclic amines) is 2. The van der Waals surface area contributed by atoms with E-state index in [0.29, 0.717) is 43.6 Å². The lowest BCUT2D eigenvalue weighted by Gasteiger charge is -2.25. The zero-order chi connectivity index (χ0) is 40.5. The molecular weight excluding hydrogens is 765 g/mol. The monoisotopic (exact) mass is 806 g/mol. The largest absolute Gasteiger partial charge is 0.508 e. The van der Waals surface area contributed by atoms with Gasteiger partial charge in [-0.05, 0) is 65.9 Å². The fraction of sp³-hybridized carbons (Fsp3) is 0.421. The Balaban J connectivity index is 1.02. The first-order valence-corrected chi connectivity index (χ1v) is 19.3. The number of benzene rings is 3. The predicted molar refractivity (Wildman–Crippen MR) is 204 cm³/mol. The third kappa shape index (κ3) is 10.9. The van der Waals surface area contributed by atoms with E-state index in [0.717, 1.165) is 16.4 Å². The summed E-state index contributed by atoms with van der Waals surface area (Å²) >= 11 is 1.79. The van der Waals surface area contributed by atoms with Crippen molar-refractivity contribution >= 4 is 47.2 Å². The molecule has 0 saturated carbocycles. The summed E-state index contributed by atoms with van der Waals surface area (Å²) in [5, 5.41) is 28.5. The second-order valence-corrected chi connectivity index (χ2v) is 15.1. The van der Waals surface area contributed by atoms with Crippen LogP contribution in [0.2, 0.25) is 0 Å². The molecule has 3 aliphatic heterocycles. The Kier molecular flexibility index (Phi) is 13.4. The Hall–Kier alpha value is -5.95. The average molecular weight is 807 g/mol. The SMILES string of the molecule is COc1ccc(CS[C@@H]2CN[C@H](C(=O)N3CC[C@H](NC(=O)[C@@H]4C[C@@H](OC(=O)OCc5ccc([N+](=O)[O-])cc5)CN4C(=O)OCc4ccc([N+](=O)[O-])cc4)C3)C2)cc1. The van der Waals surface area contributed by atoms with Gasteiger partial charge in [-0.15, -0.1) is 0 Å². The molecule has 2 N–H and O–H groups in total. The van der Waals surface area contributed by atoms with Crippen LogP contribution in [0.3, 0.4) is 0 Å². The molecule has 0 aliphatic carbocycles. The maximum absolute atomic E-state index is 13.7. The fourth-order valence-corrected chi connectivity index (χ4v) is 8.01. The van der Waals surface area contributed by atoms with Crippen LogP contribution < -0.4 is 15.4 Å². The number of nitrogens with one attached hydrogen (secondary N) is 2. The van der Waals surface area contributed by atoms with Crippen LogP contribution in [0, 0.1) is 20.2 Å². The van der Waals surface area contributed by atoms with Crippen LogP contribution in [0.4, 0.5) is 21.0 Å². The van der Waals surface area contributed by atoms with Crippen molar-refractivity contribution in [2.24, 2.45) is 0 Å². The third-order valence-corrected chi connectivity index (χ3v) is 11.3. The number of thioether (sulfide) groups is 1. The number of carbonyl (C=O) groups excluding carboxylic acids is 4. The standard InChI is InChI=1S/C38H42N6O12S/c1-53-30-12-6-26(7-13-30)23-57-32-17-33(39-18-32)36(46)41-15-14-27(19-41)40-35(45)34-16-31(56-38(48)55-22-25-4-10-29(11-5-25)44(51)52)20-42(34)37(47)54-21-24-2-8-28(9-3-24)43(49)50/h2-13,27,31-34,39H,14-23H2,1H3,(H,40,45)/t27-,31+,32-,33-,34-/m0/s1. The van der Waals surface area contributed by atoms with Gasteiger partial charge in [-0.1, -0.05) is 12.1 Å². The lowest BCUT2D eigenvalue weighted by molar-refractivity contribution is -0.385. The molecule has 6 rings (SSSR count). The quantitative estimate of drug-likeness (QED) is 0.132. The van der Waals surface area contributed by atoms with E-state index in [2.05, 4.69) is 10.6 Å². The molecule has 3 amide bonds. The number of hydrogen-bond acceptors (Lipinski definition) is 14. The molecule has 3 fully saturated rings. The molecule has 0 unspecified atom stereocenters. The van der Waals surface area contributed by atoms with Gasteiger partial charge < -0.3 is 34.5 Å². The zero-order valence-electron chi connectivity index (χ0n) is 31.0. The number of hydrogen-bond donors (Lipinski definition) is 2. The van der Waals surface area contributed by atoms with Gasteiger partial charge in [-0.3, -0.25) is 34.7 Å². The Labute approximate surface area is 331 Å². The molecule has 0 aromatic heterocycles. The van der Waals surface area contributed by atoms with E-state index < -0.39 is 40.1 Å². The highest BCUT2D eigenvalue weighted by molar-refractivity contribution is 7.99. The van der Waals surface area contributed by atoms with Crippen molar-refractivity contribution in [2.75, 3.05) is 33.3 Å². The zero-order valence-corrected chi connectivity index (χ0v) is 31.8. The van der Waals surface area contributed by atoms with E-state index in [1.54, 1.807) is 23.8 Å². The molecule has 57 heavy (non-hydrogen) atoms. The van der Waals surface area contributed by atoms with Gasteiger partial charge in [0.1, 0.15) is 31.1 Å². The molecule has 0 radical (unpaired) electrons. The maximum Gasteiger partial charge on any atom is 0.508 e. The van der Waals surface area contributed by atoms with Crippen LogP contribution in [0.25, 0.3) is 0 Å². The van der Waals surface area contributed by atoms with E-state index in [1.165, 1.54) is 54.1 Å². The summed E-state index contributed by atoms with van der Waals surface area (Å²) in [6, 6.07) is 17.0. The first-order chi connectivity index (χ1) is 27.4. The first-order valence-electron chi connectivity index (χ1n) is 18.3. The van der Waals surface area contributed by atoms with Crippen molar-refractivity contribution < 1.29 is 48.0 Å². The highest BCUT2D eigenvalue weighted by Crippen LogP contribution is 2.28. The first kappa shape index (κ1) is 40.7. The molecule has 0 bridgehead atoms. The van der Waals surface area contributed by atoms with E-state index in [-0.39, 0.29) is 60.8 Å². The molecule has 19 heteroatoms. The number of methoxy groups -OCH3 is 1. The number of non-ortho nitro benzene ring substituents is 2. The van der Waals surface area contributed by atoms with E-state index >= 15 is 0 Å². The van der Waals surface area contributed by atoms with E-state index in [9.17, 15) is 39.4 Å². The van der Waals surface area contributed by atoms with Gasteiger partial charge in [0.15, 0.2) is 0 Å². The van der Waals surface area contributed by atoms with E-state index in [1.807, 2.05) is 24.3 Å². The Morgan fingerprint density at radius 3 is 2.07 bits per heavy atom. The second-order valence-electron chi connectivity index (χ2n) is 13.8. The Morgan fingerprint density at radius 1 is 0.842 bits per heavy atom. The van der Waals surface area contributed by atoms with Crippen LogP contribution in [-0.2, 0) is 42.8 Å². The van der Waals surface area contributed by atoms with Gasteiger partial charge in [0.05, 0.1) is 29.5 Å². The summed E-state index contributed by atoms with van der Waals surface area (Å²) in [4.78, 5) is 76.9. The number of nitro benzene ring substituents is 2. The minimum Gasteiger partial charge on any atom is -0.497 e. The average Bonchev–Trinajstić information content (AvgIpc) is 3.99. The smallest absolute Gasteiger partial charge is 0.497 e. The van der Waals surface area contributed by atoms with Crippen LogP contribution in [0.5, 0.6) is 5.75 Å². The lowest BCUT2D eigenvalue weighted by Crippen LogP contribution is -2.50. The van der Waals surface area contributed by atoms with Crippen molar-refractivity contribution in [1.29, 1.82) is 0 Å². The molecule has 3 aliphatic rings. The number of nitro groups is 2. The topological polar surface area (TPSA) is 222 Å². The van der Waals surface area contributed by atoms with Gasteiger partial charge in [-0.2, -0.15) is 11.8 Å². The van der Waals surface area contributed by atoms with Gasteiger partial charge in [0.2, 0.25) is 11.8 Å². The van der Waals surface area contributed by atoms with Crippen LogP contribution in [-0.4, -0.2) is 106 Å². The highest BCUT2D eigenvalue weighted by Gasteiger charge is 2.44. The van der Waals surface area contributed by atoms with Gasteiger partial charge in [0, 0.05) is 67.4 Å². The molecule has 0 spiro atoms. The van der Waals surface area contributed by atoms with E-state index in [4.69, 9.17) is 18.9 Å². The maximum atomic E-state index is 13.7. The van der Waals surface area contributed by atoms with Gasteiger partial charge >= 0.3 is 12.2 Å². The molecular formula is C38H42N6O12S. The summed E-state index contributed by atoms with van der Waals surface area (Å²) in [5.41, 5.74) is 1.88. The third-order valence-electron chi connectivity index (χ3n) is 9.96. The van der Waals surface area contributed by atoms with Crippen LogP contribution in [0.15, 0.2) is 72.8 Å². The normalized spacial score (nSPS) is 21.5. The molecule has 3 saturated heterocycles. The Bertz CT molecular complexity index is 1930. The van der Waals surface area contributed by atoms with Crippen molar-refractivity contribution in [2.45, 2.75) is 67.7 Å². The number of nitrogens with zero attached hydrogens (tertiary/aromatic N) is 4. The molecule has 5 atom stereocenters. The molecule has 18 nitrogen and oxygen atoms in total. The van der Waals surface area contributed by atoms with Crippen molar-refractivity contribution in [3.05, 3.63) is 110 Å². The highest BCUT2D eigenvalue weighted by atomic mass is 32.2. The minimum absolute atomic E-state index is 0.0303. The molecule has 3 aromatic carbocycles. The van der Waals surface area contributed by atoms with Crippen molar-refractivity contribution in [3.63, 3.8) is 0 Å².